The number of hydrogen-bond acceptors (Lipinski definition) is 3. The lowest BCUT2D eigenvalue weighted by atomic mass is 10.1. The highest BCUT2D eigenvalue weighted by atomic mass is 32.1. The minimum atomic E-state index is -0.793. The number of likely N-dealkylation sites (tertiary alicyclic amines) is 1. The summed E-state index contributed by atoms with van der Waals surface area (Å²) in [5, 5.41) is 15.7. The summed E-state index contributed by atoms with van der Waals surface area (Å²) in [7, 11) is 0. The number of nitrogens with one attached hydrogen (secondary N) is 1. The zero-order valence-electron chi connectivity index (χ0n) is 10.8. The highest BCUT2D eigenvalue weighted by molar-refractivity contribution is 7.07. The van der Waals surface area contributed by atoms with Crippen LogP contribution in [-0.4, -0.2) is 35.1 Å². The molecule has 0 spiro atoms. The molecule has 2 atom stereocenters. The second-order valence-corrected chi connectivity index (χ2v) is 5.71. The van der Waals surface area contributed by atoms with E-state index >= 15 is 0 Å². The van der Waals surface area contributed by atoms with Crippen LogP contribution in [0.3, 0.4) is 0 Å². The lowest BCUT2D eigenvalue weighted by Crippen LogP contribution is -2.39. The van der Waals surface area contributed by atoms with Gasteiger partial charge in [-0.3, -0.25) is 4.79 Å². The van der Waals surface area contributed by atoms with Gasteiger partial charge in [-0.15, -0.1) is 0 Å². The molecule has 1 fully saturated rings. The molecular weight excluding hydrogens is 264 g/mol. The molecule has 6 heteroatoms. The molecule has 2 unspecified atom stereocenters. The van der Waals surface area contributed by atoms with E-state index in [9.17, 15) is 9.59 Å². The Morgan fingerprint density at radius 1 is 1.63 bits per heavy atom. The number of carboxylic acids is 1. The summed E-state index contributed by atoms with van der Waals surface area (Å²) in [5.74, 6) is -0.710. The van der Waals surface area contributed by atoms with Crippen LogP contribution in [0.4, 0.5) is 4.79 Å². The number of carbonyl (C=O) groups is 2. The van der Waals surface area contributed by atoms with Gasteiger partial charge in [0.25, 0.3) is 0 Å². The molecule has 1 aromatic heterocycles. The Morgan fingerprint density at radius 2 is 2.42 bits per heavy atom. The van der Waals surface area contributed by atoms with E-state index in [0.717, 1.165) is 12.0 Å². The van der Waals surface area contributed by atoms with Crippen molar-refractivity contribution in [3.63, 3.8) is 0 Å². The molecule has 0 bridgehead atoms. The van der Waals surface area contributed by atoms with Crippen molar-refractivity contribution in [3.05, 3.63) is 22.4 Å². The number of thiophene rings is 1. The Labute approximate surface area is 116 Å². The fraction of sp³-hybridized carbons (Fsp3) is 0.538. The van der Waals surface area contributed by atoms with Crippen LogP contribution in [0, 0.1) is 5.92 Å². The van der Waals surface area contributed by atoms with Gasteiger partial charge in [-0.2, -0.15) is 11.3 Å². The van der Waals surface area contributed by atoms with Gasteiger partial charge in [-0.05, 0) is 41.7 Å². The van der Waals surface area contributed by atoms with Gasteiger partial charge >= 0.3 is 12.0 Å². The average molecular weight is 282 g/mol. The third-order valence-electron chi connectivity index (χ3n) is 3.42. The number of aliphatic carboxylic acids is 1. The van der Waals surface area contributed by atoms with Gasteiger partial charge < -0.3 is 15.3 Å². The van der Waals surface area contributed by atoms with Crippen LogP contribution in [0.25, 0.3) is 0 Å². The maximum absolute atomic E-state index is 12.1. The van der Waals surface area contributed by atoms with E-state index in [0.29, 0.717) is 13.1 Å². The Kier molecular flexibility index (Phi) is 4.42. The van der Waals surface area contributed by atoms with Crippen molar-refractivity contribution in [2.45, 2.75) is 25.8 Å². The molecule has 0 radical (unpaired) electrons. The quantitative estimate of drug-likeness (QED) is 0.890. The summed E-state index contributed by atoms with van der Waals surface area (Å²) in [6, 6.07) is 1.87. The molecule has 2 N–H and O–H groups in total. The fourth-order valence-corrected chi connectivity index (χ4v) is 3.07. The van der Waals surface area contributed by atoms with Gasteiger partial charge in [0.1, 0.15) is 0 Å². The van der Waals surface area contributed by atoms with Crippen LogP contribution in [0.1, 0.15) is 31.4 Å². The molecule has 2 rings (SSSR count). The molecule has 2 amide bonds. The van der Waals surface area contributed by atoms with Crippen LogP contribution in [-0.2, 0) is 4.79 Å². The molecule has 1 aliphatic rings. The molecule has 0 aromatic carbocycles. The molecule has 1 saturated heterocycles. The first kappa shape index (κ1) is 13.9. The van der Waals surface area contributed by atoms with E-state index < -0.39 is 5.97 Å². The Balaban J connectivity index is 1.83. The van der Waals surface area contributed by atoms with Crippen LogP contribution in [0.5, 0.6) is 0 Å². The van der Waals surface area contributed by atoms with E-state index in [1.807, 2.05) is 23.8 Å². The normalized spacial score (nSPS) is 20.3. The molecular formula is C13H18N2O3S. The summed E-state index contributed by atoms with van der Waals surface area (Å²) in [6.07, 6.45) is 0.913. The van der Waals surface area contributed by atoms with Gasteiger partial charge in [-0.1, -0.05) is 0 Å². The Morgan fingerprint density at radius 3 is 3.05 bits per heavy atom. The van der Waals surface area contributed by atoms with Crippen LogP contribution < -0.4 is 5.32 Å². The van der Waals surface area contributed by atoms with Crippen molar-refractivity contribution in [2.75, 3.05) is 13.1 Å². The number of hydrogen-bond donors (Lipinski definition) is 2. The predicted octanol–water partition coefficient (Wildman–Crippen LogP) is 2.32. The first-order valence-corrected chi connectivity index (χ1v) is 7.30. The van der Waals surface area contributed by atoms with Crippen molar-refractivity contribution in [1.29, 1.82) is 0 Å². The smallest absolute Gasteiger partial charge is 0.317 e. The van der Waals surface area contributed by atoms with Crippen molar-refractivity contribution < 1.29 is 14.7 Å². The number of urea groups is 1. The van der Waals surface area contributed by atoms with Crippen LogP contribution in [0.15, 0.2) is 16.8 Å². The second-order valence-electron chi connectivity index (χ2n) is 4.93. The van der Waals surface area contributed by atoms with Crippen molar-refractivity contribution in [1.82, 2.24) is 10.2 Å². The molecule has 5 nitrogen and oxygen atoms in total. The monoisotopic (exact) mass is 282 g/mol. The number of carbonyl (C=O) groups excluding carboxylic acids is 1. The number of rotatable bonds is 4. The van der Waals surface area contributed by atoms with Crippen molar-refractivity contribution >= 4 is 23.3 Å². The summed E-state index contributed by atoms with van der Waals surface area (Å²) >= 11 is 1.60. The molecule has 104 valence electrons. The van der Waals surface area contributed by atoms with E-state index in [1.165, 1.54) is 0 Å². The molecule has 1 aliphatic heterocycles. The molecule has 0 aliphatic carbocycles. The highest BCUT2D eigenvalue weighted by Gasteiger charge is 2.28. The minimum absolute atomic E-state index is 0.0164. The van der Waals surface area contributed by atoms with Gasteiger partial charge in [0.15, 0.2) is 0 Å². The molecule has 19 heavy (non-hydrogen) atoms. The average Bonchev–Trinajstić information content (AvgIpc) is 2.97. The fourth-order valence-electron chi connectivity index (χ4n) is 2.31. The van der Waals surface area contributed by atoms with Gasteiger partial charge in [0.2, 0.25) is 0 Å². The van der Waals surface area contributed by atoms with Gasteiger partial charge in [-0.25, -0.2) is 4.79 Å². The molecule has 2 heterocycles. The molecule has 1 aromatic rings. The summed E-state index contributed by atoms with van der Waals surface area (Å²) in [4.78, 5) is 24.4. The van der Waals surface area contributed by atoms with Crippen molar-refractivity contribution in [2.24, 2.45) is 5.92 Å². The lowest BCUT2D eigenvalue weighted by Gasteiger charge is -2.20. The van der Waals surface area contributed by atoms with E-state index in [4.69, 9.17) is 5.11 Å². The van der Waals surface area contributed by atoms with Gasteiger partial charge in [0.05, 0.1) is 6.04 Å². The van der Waals surface area contributed by atoms with Crippen LogP contribution >= 0.6 is 11.3 Å². The minimum Gasteiger partial charge on any atom is -0.481 e. The highest BCUT2D eigenvalue weighted by Crippen LogP contribution is 2.21. The van der Waals surface area contributed by atoms with E-state index in [1.54, 1.807) is 16.2 Å². The summed E-state index contributed by atoms with van der Waals surface area (Å²) in [6.45, 7) is 3.12. The van der Waals surface area contributed by atoms with E-state index in [2.05, 4.69) is 5.32 Å². The maximum atomic E-state index is 12.1. The Bertz CT molecular complexity index is 447. The van der Waals surface area contributed by atoms with Crippen LogP contribution in [0.2, 0.25) is 0 Å². The summed E-state index contributed by atoms with van der Waals surface area (Å²) in [5.41, 5.74) is 1.10. The topological polar surface area (TPSA) is 69.6 Å². The first-order valence-electron chi connectivity index (χ1n) is 6.35. The predicted molar refractivity (Wildman–Crippen MR) is 73.2 cm³/mol. The van der Waals surface area contributed by atoms with Gasteiger partial charge in [0, 0.05) is 19.5 Å². The number of amides is 2. The number of nitrogens with zero attached hydrogens (tertiary/aromatic N) is 1. The lowest BCUT2D eigenvalue weighted by molar-refractivity contribution is -0.138. The van der Waals surface area contributed by atoms with E-state index in [-0.39, 0.29) is 24.4 Å². The SMILES string of the molecule is CC(NC(=O)N1CCC(CC(=O)O)C1)c1ccsc1. The third kappa shape index (κ3) is 3.70. The summed E-state index contributed by atoms with van der Waals surface area (Å²) < 4.78 is 0. The maximum Gasteiger partial charge on any atom is 0.317 e. The zero-order valence-corrected chi connectivity index (χ0v) is 11.7. The Hall–Kier alpha value is -1.56. The van der Waals surface area contributed by atoms with Crippen molar-refractivity contribution in [3.8, 4) is 0 Å². The number of carboxylic acid groups (broad SMARTS) is 1. The zero-order chi connectivity index (χ0) is 13.8. The first-order chi connectivity index (χ1) is 9.06. The third-order valence-corrected chi connectivity index (χ3v) is 4.12. The standard InChI is InChI=1S/C13H18N2O3S/c1-9(11-3-5-19-8-11)14-13(18)15-4-2-10(7-15)6-12(16)17/h3,5,8-10H,2,4,6-7H2,1H3,(H,14,18)(H,16,17). The second kappa shape index (κ2) is 6.06. The largest absolute Gasteiger partial charge is 0.481 e. The molecule has 0 saturated carbocycles.